The van der Waals surface area contributed by atoms with E-state index in [2.05, 4.69) is 46.6 Å². The van der Waals surface area contributed by atoms with Crippen molar-refractivity contribution >= 4 is 15.9 Å². The van der Waals surface area contributed by atoms with Crippen LogP contribution in [0, 0.1) is 0 Å². The minimum Gasteiger partial charge on any atom is -0.508 e. The number of nitrogens with zero attached hydrogens (tertiary/aromatic N) is 2. The van der Waals surface area contributed by atoms with E-state index in [0.29, 0.717) is 11.8 Å². The summed E-state index contributed by atoms with van der Waals surface area (Å²) in [7, 11) is 2.18. The van der Waals surface area contributed by atoms with E-state index < -0.39 is 0 Å². The van der Waals surface area contributed by atoms with Gasteiger partial charge in [-0.2, -0.15) is 0 Å². The fourth-order valence-electron chi connectivity index (χ4n) is 3.00. The monoisotopic (exact) mass is 326 g/mol. The number of halogens is 1. The van der Waals surface area contributed by atoms with Crippen LogP contribution in [0.25, 0.3) is 0 Å². The summed E-state index contributed by atoms with van der Waals surface area (Å²) in [4.78, 5) is 4.88. The highest BCUT2D eigenvalue weighted by molar-refractivity contribution is 9.10. The minimum absolute atomic E-state index is 0.235. The number of aromatic hydroxyl groups is 1. The Labute approximate surface area is 124 Å². The van der Waals surface area contributed by atoms with Crippen LogP contribution < -0.4 is 0 Å². The summed E-state index contributed by atoms with van der Waals surface area (Å²) in [5.41, 5.74) is 1.01. The fraction of sp³-hybridized carbons (Fsp3) is 0.600. The van der Waals surface area contributed by atoms with E-state index in [1.54, 1.807) is 6.07 Å². The molecule has 2 atom stereocenters. The van der Waals surface area contributed by atoms with Gasteiger partial charge in [0.25, 0.3) is 0 Å². The minimum atomic E-state index is 0.235. The average Bonchev–Trinajstić information content (AvgIpc) is 2.52. The molecule has 3 nitrogen and oxygen atoms in total. The van der Waals surface area contributed by atoms with Gasteiger partial charge in [0.15, 0.2) is 0 Å². The standard InChI is InChI=1S/C15H23BrN2O/c1-11-10-17(3)7-4-8-18(11)12(2)14-9-13(16)5-6-15(14)19/h5-6,9,11-12,19H,4,7-8,10H2,1-3H3. The van der Waals surface area contributed by atoms with E-state index in [9.17, 15) is 5.11 Å². The van der Waals surface area contributed by atoms with Crippen molar-refractivity contribution in [2.24, 2.45) is 0 Å². The van der Waals surface area contributed by atoms with Crippen molar-refractivity contribution in [2.75, 3.05) is 26.7 Å². The molecule has 1 heterocycles. The molecule has 1 fully saturated rings. The van der Waals surface area contributed by atoms with Crippen LogP contribution in [0.15, 0.2) is 22.7 Å². The maximum atomic E-state index is 10.1. The van der Waals surface area contributed by atoms with Gasteiger partial charge in [-0.05, 0) is 52.1 Å². The van der Waals surface area contributed by atoms with Crippen LogP contribution >= 0.6 is 15.9 Å². The number of phenols is 1. The Bertz CT molecular complexity index is 438. The maximum absolute atomic E-state index is 10.1. The number of likely N-dealkylation sites (N-methyl/N-ethyl adjacent to an activating group) is 1. The molecule has 1 aliphatic rings. The van der Waals surface area contributed by atoms with Crippen molar-refractivity contribution in [3.05, 3.63) is 28.2 Å². The third-order valence-corrected chi connectivity index (χ3v) is 4.53. The molecule has 106 valence electrons. The Morgan fingerprint density at radius 1 is 1.37 bits per heavy atom. The molecule has 0 radical (unpaired) electrons. The molecule has 2 rings (SSSR count). The van der Waals surface area contributed by atoms with Gasteiger partial charge >= 0.3 is 0 Å². The number of hydrogen-bond donors (Lipinski definition) is 1. The summed E-state index contributed by atoms with van der Waals surface area (Å²) in [5.74, 6) is 0.389. The molecular formula is C15H23BrN2O. The molecule has 1 aromatic carbocycles. The molecule has 2 unspecified atom stereocenters. The van der Waals surface area contributed by atoms with Crippen LogP contribution in [0.5, 0.6) is 5.75 Å². The second-order valence-corrected chi connectivity index (χ2v) is 6.50. The van der Waals surface area contributed by atoms with Crippen molar-refractivity contribution in [1.29, 1.82) is 0 Å². The van der Waals surface area contributed by atoms with Crippen LogP contribution in [-0.2, 0) is 0 Å². The summed E-state index contributed by atoms with van der Waals surface area (Å²) < 4.78 is 1.02. The Morgan fingerprint density at radius 3 is 2.84 bits per heavy atom. The molecule has 1 N–H and O–H groups in total. The van der Waals surface area contributed by atoms with Crippen molar-refractivity contribution < 1.29 is 5.11 Å². The van der Waals surface area contributed by atoms with Gasteiger partial charge in [-0.15, -0.1) is 0 Å². The smallest absolute Gasteiger partial charge is 0.120 e. The van der Waals surface area contributed by atoms with Crippen LogP contribution in [-0.4, -0.2) is 47.6 Å². The van der Waals surface area contributed by atoms with E-state index in [0.717, 1.165) is 29.7 Å². The first kappa shape index (κ1) is 14.8. The highest BCUT2D eigenvalue weighted by Gasteiger charge is 2.26. The topological polar surface area (TPSA) is 26.7 Å². The Balaban J connectivity index is 2.22. The normalized spacial score (nSPS) is 24.1. The SMILES string of the molecule is CC1CN(C)CCCN1C(C)c1cc(Br)ccc1O. The van der Waals surface area contributed by atoms with Gasteiger partial charge in [0.05, 0.1) is 0 Å². The largest absolute Gasteiger partial charge is 0.508 e. The third kappa shape index (κ3) is 3.50. The second-order valence-electron chi connectivity index (χ2n) is 5.58. The number of benzene rings is 1. The van der Waals surface area contributed by atoms with E-state index >= 15 is 0 Å². The van der Waals surface area contributed by atoms with Gasteiger partial charge < -0.3 is 10.0 Å². The van der Waals surface area contributed by atoms with Crippen molar-refractivity contribution in [3.63, 3.8) is 0 Å². The van der Waals surface area contributed by atoms with Gasteiger partial charge in [0, 0.05) is 35.2 Å². The molecule has 1 aliphatic heterocycles. The zero-order valence-corrected chi connectivity index (χ0v) is 13.5. The Morgan fingerprint density at radius 2 is 2.11 bits per heavy atom. The highest BCUT2D eigenvalue weighted by atomic mass is 79.9. The maximum Gasteiger partial charge on any atom is 0.120 e. The van der Waals surface area contributed by atoms with Gasteiger partial charge in [0.2, 0.25) is 0 Å². The summed E-state index contributed by atoms with van der Waals surface area (Å²) in [6.07, 6.45) is 1.18. The Hall–Kier alpha value is -0.580. The van der Waals surface area contributed by atoms with Crippen LogP contribution in [0.3, 0.4) is 0 Å². The first-order chi connectivity index (χ1) is 8.99. The Kier molecular flexibility index (Phi) is 4.87. The summed E-state index contributed by atoms with van der Waals surface area (Å²) in [5, 5.41) is 10.1. The van der Waals surface area contributed by atoms with E-state index in [1.165, 1.54) is 6.42 Å². The van der Waals surface area contributed by atoms with Gasteiger partial charge in [-0.25, -0.2) is 0 Å². The molecule has 0 spiro atoms. The fourth-order valence-corrected chi connectivity index (χ4v) is 3.38. The van der Waals surface area contributed by atoms with Gasteiger partial charge in [-0.1, -0.05) is 15.9 Å². The first-order valence-corrected chi connectivity index (χ1v) is 7.71. The lowest BCUT2D eigenvalue weighted by atomic mass is 10.0. The summed E-state index contributed by atoms with van der Waals surface area (Å²) in [6.45, 7) is 7.77. The number of phenolic OH excluding ortho intramolecular Hbond substituents is 1. The molecule has 1 aromatic rings. The van der Waals surface area contributed by atoms with E-state index in [-0.39, 0.29) is 6.04 Å². The lowest BCUT2D eigenvalue weighted by Gasteiger charge is -2.34. The number of rotatable bonds is 2. The molecule has 1 saturated heterocycles. The lowest BCUT2D eigenvalue weighted by Crippen LogP contribution is -2.39. The number of hydrogen-bond acceptors (Lipinski definition) is 3. The van der Waals surface area contributed by atoms with E-state index in [4.69, 9.17) is 0 Å². The van der Waals surface area contributed by atoms with E-state index in [1.807, 2.05) is 12.1 Å². The third-order valence-electron chi connectivity index (χ3n) is 4.04. The van der Waals surface area contributed by atoms with Crippen LogP contribution in [0.1, 0.15) is 31.9 Å². The molecule has 0 amide bonds. The lowest BCUT2D eigenvalue weighted by molar-refractivity contribution is 0.151. The van der Waals surface area contributed by atoms with Crippen molar-refractivity contribution in [1.82, 2.24) is 9.80 Å². The molecule has 0 bridgehead atoms. The summed E-state index contributed by atoms with van der Waals surface area (Å²) in [6, 6.07) is 6.41. The zero-order valence-electron chi connectivity index (χ0n) is 11.9. The van der Waals surface area contributed by atoms with Crippen molar-refractivity contribution in [3.8, 4) is 5.75 Å². The van der Waals surface area contributed by atoms with Gasteiger partial charge in [0.1, 0.15) is 5.75 Å². The second kappa shape index (κ2) is 6.25. The zero-order chi connectivity index (χ0) is 14.0. The quantitative estimate of drug-likeness (QED) is 0.903. The van der Waals surface area contributed by atoms with Crippen LogP contribution in [0.2, 0.25) is 0 Å². The first-order valence-electron chi connectivity index (χ1n) is 6.91. The summed E-state index contributed by atoms with van der Waals surface area (Å²) >= 11 is 3.49. The van der Waals surface area contributed by atoms with Gasteiger partial charge in [-0.3, -0.25) is 4.90 Å². The van der Waals surface area contributed by atoms with Crippen molar-refractivity contribution in [2.45, 2.75) is 32.4 Å². The molecular weight excluding hydrogens is 304 g/mol. The predicted octanol–water partition coefficient (Wildman–Crippen LogP) is 3.24. The highest BCUT2D eigenvalue weighted by Crippen LogP contribution is 2.32. The average molecular weight is 327 g/mol. The predicted molar refractivity (Wildman–Crippen MR) is 82.5 cm³/mol. The molecule has 4 heteroatoms. The molecule has 19 heavy (non-hydrogen) atoms. The molecule has 0 aliphatic carbocycles. The molecule has 0 saturated carbocycles. The molecule has 0 aromatic heterocycles. The van der Waals surface area contributed by atoms with Crippen LogP contribution in [0.4, 0.5) is 0 Å².